The molecule has 0 aliphatic carbocycles. The summed E-state index contributed by atoms with van der Waals surface area (Å²) < 4.78 is 23.3. The molecule has 1 aromatic rings. The molecule has 0 saturated carbocycles. The SMILES string of the molecule is CN(C)N(Cc1ccc([N+](=O)[O-])cc1)[C@@H]1CS(=O)(=O)C[C@H]1O. The summed E-state index contributed by atoms with van der Waals surface area (Å²) in [6.45, 7) is 0.363. The predicted molar refractivity (Wildman–Crippen MR) is 80.8 cm³/mol. The van der Waals surface area contributed by atoms with Crippen molar-refractivity contribution in [2.45, 2.75) is 18.7 Å². The van der Waals surface area contributed by atoms with Crippen LogP contribution in [0.4, 0.5) is 5.69 Å². The van der Waals surface area contributed by atoms with E-state index in [4.69, 9.17) is 0 Å². The lowest BCUT2D eigenvalue weighted by Gasteiger charge is -2.35. The van der Waals surface area contributed by atoms with Gasteiger partial charge in [-0.2, -0.15) is 0 Å². The van der Waals surface area contributed by atoms with Gasteiger partial charge >= 0.3 is 0 Å². The largest absolute Gasteiger partial charge is 0.390 e. The number of nitro benzene ring substituents is 1. The Kier molecular flexibility index (Phi) is 4.81. The number of aliphatic hydroxyl groups excluding tert-OH is 1. The molecule has 1 N–H and O–H groups in total. The average Bonchev–Trinajstić information content (AvgIpc) is 2.69. The first kappa shape index (κ1) is 16.8. The normalized spacial score (nSPS) is 24.0. The van der Waals surface area contributed by atoms with E-state index in [2.05, 4.69) is 0 Å². The predicted octanol–water partition coefficient (Wildman–Crippen LogP) is 0.0313. The van der Waals surface area contributed by atoms with Crippen molar-refractivity contribution < 1.29 is 18.4 Å². The van der Waals surface area contributed by atoms with Crippen LogP contribution in [0.3, 0.4) is 0 Å². The maximum absolute atomic E-state index is 11.7. The average molecular weight is 329 g/mol. The number of hydrogen-bond donors (Lipinski definition) is 1. The van der Waals surface area contributed by atoms with E-state index in [0.717, 1.165) is 5.56 Å². The molecule has 1 saturated heterocycles. The molecule has 8 nitrogen and oxygen atoms in total. The molecule has 22 heavy (non-hydrogen) atoms. The van der Waals surface area contributed by atoms with Gasteiger partial charge in [-0.05, 0) is 5.56 Å². The number of aliphatic hydroxyl groups is 1. The van der Waals surface area contributed by atoms with Gasteiger partial charge in [0.05, 0.1) is 28.6 Å². The first-order valence-electron chi connectivity index (χ1n) is 6.75. The standard InChI is InChI=1S/C13H19N3O5S/c1-14(2)15(12-8-22(20,21)9-13(12)17)7-10-3-5-11(6-4-10)16(18)19/h3-6,12-13,17H,7-9H2,1-2H3/t12-,13-/m1/s1. The minimum Gasteiger partial charge on any atom is -0.390 e. The zero-order valence-electron chi connectivity index (χ0n) is 12.4. The smallest absolute Gasteiger partial charge is 0.269 e. The van der Waals surface area contributed by atoms with Crippen LogP contribution in [0.25, 0.3) is 0 Å². The minimum absolute atomic E-state index is 0.00336. The molecule has 0 amide bonds. The molecule has 1 heterocycles. The van der Waals surface area contributed by atoms with Gasteiger partial charge in [0.1, 0.15) is 0 Å². The van der Waals surface area contributed by atoms with Gasteiger partial charge in [-0.15, -0.1) is 0 Å². The van der Waals surface area contributed by atoms with Crippen molar-refractivity contribution in [3.05, 3.63) is 39.9 Å². The van der Waals surface area contributed by atoms with E-state index >= 15 is 0 Å². The van der Waals surface area contributed by atoms with Crippen LogP contribution in [0.2, 0.25) is 0 Å². The Morgan fingerprint density at radius 3 is 2.27 bits per heavy atom. The van der Waals surface area contributed by atoms with Crippen molar-refractivity contribution >= 4 is 15.5 Å². The molecule has 1 aliphatic heterocycles. The van der Waals surface area contributed by atoms with Gasteiger partial charge in [-0.3, -0.25) is 10.1 Å². The third kappa shape index (κ3) is 3.80. The molecule has 1 aliphatic rings. The Morgan fingerprint density at radius 2 is 1.86 bits per heavy atom. The van der Waals surface area contributed by atoms with Crippen molar-refractivity contribution in [1.29, 1.82) is 0 Å². The van der Waals surface area contributed by atoms with Gasteiger partial charge in [0.2, 0.25) is 0 Å². The van der Waals surface area contributed by atoms with E-state index in [0.29, 0.717) is 6.54 Å². The summed E-state index contributed by atoms with van der Waals surface area (Å²) in [5.74, 6) is -0.332. The summed E-state index contributed by atoms with van der Waals surface area (Å²) in [6, 6.07) is 5.56. The second-order valence-electron chi connectivity index (χ2n) is 5.58. The molecule has 2 rings (SSSR count). The van der Waals surface area contributed by atoms with Gasteiger partial charge in [0.15, 0.2) is 9.84 Å². The fraction of sp³-hybridized carbons (Fsp3) is 0.538. The Labute approximate surface area is 129 Å². The summed E-state index contributed by atoms with van der Waals surface area (Å²) in [7, 11) is 0.293. The van der Waals surface area contributed by atoms with E-state index < -0.39 is 26.9 Å². The molecule has 2 atom stereocenters. The summed E-state index contributed by atoms with van der Waals surface area (Å²) >= 11 is 0. The highest BCUT2D eigenvalue weighted by Crippen LogP contribution is 2.22. The Balaban J connectivity index is 2.17. The van der Waals surface area contributed by atoms with E-state index in [-0.39, 0.29) is 17.2 Å². The molecule has 1 aromatic carbocycles. The van der Waals surface area contributed by atoms with Gasteiger partial charge in [0.25, 0.3) is 5.69 Å². The van der Waals surface area contributed by atoms with Crippen LogP contribution in [-0.2, 0) is 16.4 Å². The molecule has 0 radical (unpaired) electrons. The summed E-state index contributed by atoms with van der Waals surface area (Å²) in [6.07, 6.45) is -0.939. The van der Waals surface area contributed by atoms with Crippen molar-refractivity contribution in [3.8, 4) is 0 Å². The molecule has 9 heteroatoms. The van der Waals surface area contributed by atoms with Crippen LogP contribution in [0.1, 0.15) is 5.56 Å². The number of benzene rings is 1. The van der Waals surface area contributed by atoms with Crippen molar-refractivity contribution in [3.63, 3.8) is 0 Å². The number of non-ortho nitro benzene ring substituents is 1. The Hall–Kier alpha value is -1.55. The molecule has 122 valence electrons. The number of nitrogens with zero attached hydrogens (tertiary/aromatic N) is 3. The summed E-state index contributed by atoms with van der Waals surface area (Å²) in [5, 5.41) is 24.1. The first-order chi connectivity index (χ1) is 10.2. The van der Waals surface area contributed by atoms with Gasteiger partial charge in [-0.1, -0.05) is 12.1 Å². The lowest BCUT2D eigenvalue weighted by atomic mass is 10.1. The zero-order valence-corrected chi connectivity index (χ0v) is 13.2. The van der Waals surface area contributed by atoms with Crippen LogP contribution in [0.5, 0.6) is 0 Å². The Bertz CT molecular complexity index is 644. The van der Waals surface area contributed by atoms with Gasteiger partial charge in [-0.25, -0.2) is 18.4 Å². The second-order valence-corrected chi connectivity index (χ2v) is 7.73. The monoisotopic (exact) mass is 329 g/mol. The zero-order chi connectivity index (χ0) is 16.5. The molecule has 0 spiro atoms. The molecule has 0 unspecified atom stereocenters. The third-order valence-electron chi connectivity index (χ3n) is 3.68. The highest BCUT2D eigenvalue weighted by atomic mass is 32.2. The summed E-state index contributed by atoms with van der Waals surface area (Å²) in [4.78, 5) is 10.2. The third-order valence-corrected chi connectivity index (χ3v) is 5.38. The number of hydrazine groups is 1. The molecule has 0 aromatic heterocycles. The van der Waals surface area contributed by atoms with Gasteiger partial charge in [0, 0.05) is 32.8 Å². The van der Waals surface area contributed by atoms with Crippen LogP contribution in [0.15, 0.2) is 24.3 Å². The maximum Gasteiger partial charge on any atom is 0.269 e. The van der Waals surface area contributed by atoms with E-state index in [1.165, 1.54) is 12.1 Å². The number of nitro groups is 1. The molecular weight excluding hydrogens is 310 g/mol. The molecular formula is C13H19N3O5S. The lowest BCUT2D eigenvalue weighted by Crippen LogP contribution is -2.49. The minimum atomic E-state index is -3.24. The first-order valence-corrected chi connectivity index (χ1v) is 8.57. The highest BCUT2D eigenvalue weighted by Gasteiger charge is 2.40. The number of hydrogen-bond acceptors (Lipinski definition) is 7. The fourth-order valence-corrected chi connectivity index (χ4v) is 4.35. The van der Waals surface area contributed by atoms with Crippen LogP contribution >= 0.6 is 0 Å². The van der Waals surface area contributed by atoms with Crippen LogP contribution in [-0.4, -0.2) is 66.2 Å². The molecule has 0 bridgehead atoms. The van der Waals surface area contributed by atoms with Crippen molar-refractivity contribution in [2.24, 2.45) is 0 Å². The number of rotatable bonds is 5. The van der Waals surface area contributed by atoms with Crippen molar-refractivity contribution in [1.82, 2.24) is 10.0 Å². The highest BCUT2D eigenvalue weighted by molar-refractivity contribution is 7.91. The maximum atomic E-state index is 11.7. The Morgan fingerprint density at radius 1 is 1.27 bits per heavy atom. The van der Waals surface area contributed by atoms with Crippen molar-refractivity contribution in [2.75, 3.05) is 25.6 Å². The van der Waals surface area contributed by atoms with E-state index in [1.54, 1.807) is 36.2 Å². The lowest BCUT2D eigenvalue weighted by molar-refractivity contribution is -0.384. The topological polar surface area (TPSA) is 104 Å². The second kappa shape index (κ2) is 6.29. The summed E-state index contributed by atoms with van der Waals surface area (Å²) in [5.41, 5.74) is 0.805. The van der Waals surface area contributed by atoms with Crippen LogP contribution < -0.4 is 0 Å². The quantitative estimate of drug-likeness (QED) is 0.600. The molecule has 1 fully saturated rings. The fourth-order valence-electron chi connectivity index (χ4n) is 2.56. The van der Waals surface area contributed by atoms with E-state index in [1.807, 2.05) is 0 Å². The van der Waals surface area contributed by atoms with E-state index in [9.17, 15) is 23.6 Å². The van der Waals surface area contributed by atoms with Gasteiger partial charge < -0.3 is 5.11 Å². The number of sulfone groups is 1. The van der Waals surface area contributed by atoms with Crippen LogP contribution in [0, 0.1) is 10.1 Å².